The van der Waals surface area contributed by atoms with Gasteiger partial charge in [0.2, 0.25) is 0 Å². The molecule has 164 valence electrons. The molecule has 32 heavy (non-hydrogen) atoms. The highest BCUT2D eigenvalue weighted by Crippen LogP contribution is 2.38. The van der Waals surface area contributed by atoms with Gasteiger partial charge in [-0.25, -0.2) is 5.48 Å². The van der Waals surface area contributed by atoms with Gasteiger partial charge in [0.25, 0.3) is 5.91 Å². The summed E-state index contributed by atoms with van der Waals surface area (Å²) in [6.07, 6.45) is 7.44. The molecule has 4 N–H and O–H groups in total. The number of fused-ring (bicyclic) bond motifs is 2. The van der Waals surface area contributed by atoms with Crippen molar-refractivity contribution in [2.75, 3.05) is 19.7 Å². The summed E-state index contributed by atoms with van der Waals surface area (Å²) in [5.41, 5.74) is 7.33. The third-order valence-electron chi connectivity index (χ3n) is 6.17. The number of hydrogen-bond donors (Lipinski definition) is 4. The number of aliphatic hydroxyl groups excluding tert-OH is 1. The van der Waals surface area contributed by atoms with Crippen LogP contribution in [0.25, 0.3) is 17.0 Å². The highest BCUT2D eigenvalue weighted by molar-refractivity contribution is 5.91. The van der Waals surface area contributed by atoms with E-state index in [0.29, 0.717) is 17.7 Å². The normalized spacial score (nSPS) is 15.4. The van der Waals surface area contributed by atoms with E-state index < -0.39 is 5.91 Å². The molecule has 7 nitrogen and oxygen atoms in total. The second-order valence-electron chi connectivity index (χ2n) is 7.98. The molecule has 4 rings (SSSR count). The van der Waals surface area contributed by atoms with E-state index >= 15 is 0 Å². The SMILES string of the molecule is N#Cc1cc2c(cc1C=CC(=O)NO)CCC2N(CCO)CCc1c[nH]c2ccccc12. The van der Waals surface area contributed by atoms with Crippen molar-refractivity contribution in [3.05, 3.63) is 76.5 Å². The number of rotatable bonds is 8. The summed E-state index contributed by atoms with van der Waals surface area (Å²) in [7, 11) is 0. The van der Waals surface area contributed by atoms with Crippen LogP contribution < -0.4 is 5.48 Å². The molecule has 1 aliphatic rings. The first-order valence-electron chi connectivity index (χ1n) is 10.7. The molecule has 0 bridgehead atoms. The molecule has 1 aromatic heterocycles. The van der Waals surface area contributed by atoms with Crippen LogP contribution in [0.3, 0.4) is 0 Å². The minimum absolute atomic E-state index is 0.0713. The van der Waals surface area contributed by atoms with Crippen LogP contribution in [0.15, 0.2) is 48.7 Å². The van der Waals surface area contributed by atoms with Gasteiger partial charge in [-0.15, -0.1) is 0 Å². The molecular weight excluding hydrogens is 404 g/mol. The van der Waals surface area contributed by atoms with Gasteiger partial charge in [-0.3, -0.25) is 14.9 Å². The fourth-order valence-electron chi connectivity index (χ4n) is 4.63. The van der Waals surface area contributed by atoms with Gasteiger partial charge in [0.15, 0.2) is 0 Å². The van der Waals surface area contributed by atoms with E-state index in [4.69, 9.17) is 5.21 Å². The number of aromatic nitrogens is 1. The van der Waals surface area contributed by atoms with Crippen LogP contribution in [0.2, 0.25) is 0 Å². The van der Waals surface area contributed by atoms with E-state index in [1.165, 1.54) is 17.0 Å². The second kappa shape index (κ2) is 9.79. The molecule has 1 unspecified atom stereocenters. The number of amides is 1. The molecule has 1 amide bonds. The summed E-state index contributed by atoms with van der Waals surface area (Å²) >= 11 is 0. The van der Waals surface area contributed by atoms with Crippen LogP contribution in [-0.2, 0) is 17.6 Å². The van der Waals surface area contributed by atoms with Gasteiger partial charge in [-0.2, -0.15) is 5.26 Å². The topological polar surface area (TPSA) is 112 Å². The smallest absolute Gasteiger partial charge is 0.267 e. The number of aromatic amines is 1. The number of hydroxylamine groups is 1. The van der Waals surface area contributed by atoms with Crippen LogP contribution in [-0.4, -0.2) is 45.8 Å². The fraction of sp³-hybridized carbons (Fsp3) is 0.280. The van der Waals surface area contributed by atoms with Crippen molar-refractivity contribution in [2.24, 2.45) is 0 Å². The number of hydrogen-bond acceptors (Lipinski definition) is 5. The summed E-state index contributed by atoms with van der Waals surface area (Å²) in [6.45, 7) is 1.43. The van der Waals surface area contributed by atoms with Gasteiger partial charge in [0.05, 0.1) is 18.2 Å². The van der Waals surface area contributed by atoms with Gasteiger partial charge < -0.3 is 10.1 Å². The zero-order chi connectivity index (χ0) is 22.5. The van der Waals surface area contributed by atoms with E-state index in [1.54, 1.807) is 11.6 Å². The number of carbonyl (C=O) groups is 1. The predicted molar refractivity (Wildman–Crippen MR) is 122 cm³/mol. The summed E-state index contributed by atoms with van der Waals surface area (Å²) in [5.74, 6) is -0.640. The fourth-order valence-corrected chi connectivity index (χ4v) is 4.63. The molecule has 1 atom stereocenters. The largest absolute Gasteiger partial charge is 0.395 e. The summed E-state index contributed by atoms with van der Waals surface area (Å²) < 4.78 is 0. The number of para-hydroxylation sites is 1. The molecule has 0 aliphatic heterocycles. The third-order valence-corrected chi connectivity index (χ3v) is 6.17. The molecule has 7 heteroatoms. The molecule has 2 aromatic carbocycles. The molecule has 0 saturated heterocycles. The standard InChI is InChI=1S/C25H26N4O3/c26-15-20-14-22-18(13-17(20)6-8-25(31)28-32)5-7-24(22)29(11-12-30)10-9-19-16-27-23-4-2-1-3-21(19)23/h1-4,6,8,13-14,16,24,27,30,32H,5,7,9-12H2,(H,28,31). The summed E-state index contributed by atoms with van der Waals surface area (Å²) in [4.78, 5) is 16.9. The number of H-pyrrole nitrogens is 1. The Labute approximate surface area is 186 Å². The Balaban J connectivity index is 1.57. The zero-order valence-electron chi connectivity index (χ0n) is 17.7. The molecule has 0 spiro atoms. The minimum Gasteiger partial charge on any atom is -0.395 e. The van der Waals surface area contributed by atoms with E-state index in [-0.39, 0.29) is 12.6 Å². The van der Waals surface area contributed by atoms with Crippen LogP contribution in [0.4, 0.5) is 0 Å². The molecule has 1 aliphatic carbocycles. The first-order valence-corrected chi connectivity index (χ1v) is 10.7. The summed E-state index contributed by atoms with van der Waals surface area (Å²) in [6, 6.07) is 14.4. The molecule has 3 aromatic rings. The maximum atomic E-state index is 11.3. The van der Waals surface area contributed by atoms with Crippen molar-refractivity contribution in [3.8, 4) is 6.07 Å². The average molecular weight is 431 g/mol. The Kier molecular flexibility index (Phi) is 6.66. The quantitative estimate of drug-likeness (QED) is 0.249. The first-order chi connectivity index (χ1) is 15.6. The zero-order valence-corrected chi connectivity index (χ0v) is 17.7. The number of benzene rings is 2. The predicted octanol–water partition coefficient (Wildman–Crippen LogP) is 3.08. The van der Waals surface area contributed by atoms with Gasteiger partial charge in [0, 0.05) is 42.3 Å². The van der Waals surface area contributed by atoms with Crippen molar-refractivity contribution >= 4 is 22.9 Å². The van der Waals surface area contributed by atoms with E-state index in [0.717, 1.165) is 42.5 Å². The van der Waals surface area contributed by atoms with Crippen LogP contribution in [0.5, 0.6) is 0 Å². The molecule has 0 fully saturated rings. The number of carbonyl (C=O) groups excluding carboxylic acids is 1. The molecule has 0 saturated carbocycles. The average Bonchev–Trinajstić information content (AvgIpc) is 3.43. The Morgan fingerprint density at radius 3 is 2.94 bits per heavy atom. The lowest BCUT2D eigenvalue weighted by Crippen LogP contribution is -2.32. The number of nitrogens with one attached hydrogen (secondary N) is 2. The molecule has 1 heterocycles. The Bertz CT molecular complexity index is 1190. The van der Waals surface area contributed by atoms with E-state index in [2.05, 4.69) is 34.3 Å². The maximum Gasteiger partial charge on any atom is 0.267 e. The van der Waals surface area contributed by atoms with Crippen molar-refractivity contribution < 1.29 is 15.1 Å². The Hall–Kier alpha value is -3.44. The monoisotopic (exact) mass is 430 g/mol. The summed E-state index contributed by atoms with van der Waals surface area (Å²) in [5, 5.41) is 29.2. The minimum atomic E-state index is -0.640. The lowest BCUT2D eigenvalue weighted by Gasteiger charge is -2.29. The molecule has 0 radical (unpaired) electrons. The molecular formula is C25H26N4O3. The van der Waals surface area contributed by atoms with E-state index in [9.17, 15) is 15.2 Å². The van der Waals surface area contributed by atoms with Crippen molar-refractivity contribution in [2.45, 2.75) is 25.3 Å². The van der Waals surface area contributed by atoms with Crippen LogP contribution in [0, 0.1) is 11.3 Å². The number of nitriles is 1. The van der Waals surface area contributed by atoms with E-state index in [1.807, 2.05) is 24.3 Å². The van der Waals surface area contributed by atoms with Crippen molar-refractivity contribution in [3.63, 3.8) is 0 Å². The van der Waals surface area contributed by atoms with Gasteiger partial charge >= 0.3 is 0 Å². The Morgan fingerprint density at radius 2 is 2.16 bits per heavy atom. The number of aryl methyl sites for hydroxylation is 1. The van der Waals surface area contributed by atoms with Gasteiger partial charge in [0.1, 0.15) is 0 Å². The number of nitrogens with zero attached hydrogens (tertiary/aromatic N) is 2. The van der Waals surface area contributed by atoms with Crippen LogP contribution >= 0.6 is 0 Å². The van der Waals surface area contributed by atoms with Crippen molar-refractivity contribution in [1.29, 1.82) is 5.26 Å². The Morgan fingerprint density at radius 1 is 1.31 bits per heavy atom. The highest BCUT2D eigenvalue weighted by atomic mass is 16.5. The van der Waals surface area contributed by atoms with Crippen molar-refractivity contribution in [1.82, 2.24) is 15.4 Å². The van der Waals surface area contributed by atoms with Gasteiger partial charge in [-0.05, 0) is 59.7 Å². The second-order valence-corrected chi connectivity index (χ2v) is 7.98. The highest BCUT2D eigenvalue weighted by Gasteiger charge is 2.29. The third kappa shape index (κ3) is 4.43. The lowest BCUT2D eigenvalue weighted by atomic mass is 9.98. The maximum absolute atomic E-state index is 11.3. The van der Waals surface area contributed by atoms with Gasteiger partial charge in [-0.1, -0.05) is 24.3 Å². The van der Waals surface area contributed by atoms with Crippen LogP contribution in [0.1, 0.15) is 40.3 Å². The first kappa shape index (κ1) is 21.8. The number of aliphatic hydroxyl groups is 1. The lowest BCUT2D eigenvalue weighted by molar-refractivity contribution is -0.124.